The number of hydrogen-bond donors (Lipinski definition) is 1. The standard InChI is InChI=1S/C22H25NO3/c1-25-20-10-6-5-7-18(20)11-12-21(24)23-17-22(13-15-26-16-14-22)19-8-3-2-4-9-19/h2-12H,13-17H2,1H3,(H,23,24)/b12-11+. The summed E-state index contributed by atoms with van der Waals surface area (Å²) < 4.78 is 10.9. The number of carbonyl (C=O) groups is 1. The third-order valence-corrected chi connectivity index (χ3v) is 4.99. The Kier molecular flexibility index (Phi) is 6.08. The first-order chi connectivity index (χ1) is 12.7. The number of hydrogen-bond acceptors (Lipinski definition) is 3. The van der Waals surface area contributed by atoms with Gasteiger partial charge >= 0.3 is 0 Å². The van der Waals surface area contributed by atoms with Crippen LogP contribution >= 0.6 is 0 Å². The van der Waals surface area contributed by atoms with Crippen LogP contribution in [0.5, 0.6) is 5.75 Å². The maximum absolute atomic E-state index is 12.4. The fraction of sp³-hybridized carbons (Fsp3) is 0.318. The lowest BCUT2D eigenvalue weighted by molar-refractivity contribution is -0.116. The van der Waals surface area contributed by atoms with E-state index in [2.05, 4.69) is 29.6 Å². The van der Waals surface area contributed by atoms with E-state index in [1.165, 1.54) is 5.56 Å². The number of methoxy groups -OCH3 is 1. The highest BCUT2D eigenvalue weighted by Gasteiger charge is 2.34. The molecule has 1 fully saturated rings. The molecule has 0 saturated carbocycles. The van der Waals surface area contributed by atoms with Gasteiger partial charge in [-0.2, -0.15) is 0 Å². The van der Waals surface area contributed by atoms with Gasteiger partial charge in [0, 0.05) is 36.8 Å². The Balaban J connectivity index is 1.67. The average molecular weight is 351 g/mol. The maximum Gasteiger partial charge on any atom is 0.244 e. The van der Waals surface area contributed by atoms with Gasteiger partial charge in [-0.25, -0.2) is 0 Å². The number of ether oxygens (including phenoxy) is 2. The molecule has 2 aromatic carbocycles. The van der Waals surface area contributed by atoms with Gasteiger partial charge in [-0.3, -0.25) is 4.79 Å². The van der Waals surface area contributed by atoms with E-state index in [0.717, 1.165) is 37.4 Å². The Morgan fingerprint density at radius 3 is 2.54 bits per heavy atom. The lowest BCUT2D eigenvalue weighted by atomic mass is 9.74. The molecule has 136 valence electrons. The van der Waals surface area contributed by atoms with Gasteiger partial charge in [0.05, 0.1) is 7.11 Å². The fourth-order valence-electron chi connectivity index (χ4n) is 3.41. The van der Waals surface area contributed by atoms with Crippen molar-refractivity contribution in [3.05, 3.63) is 71.8 Å². The van der Waals surface area contributed by atoms with Crippen molar-refractivity contribution < 1.29 is 14.3 Å². The van der Waals surface area contributed by atoms with Gasteiger partial charge in [0.2, 0.25) is 5.91 Å². The molecule has 1 amide bonds. The lowest BCUT2D eigenvalue weighted by Crippen LogP contribution is -2.44. The predicted octanol–water partition coefficient (Wildman–Crippen LogP) is 3.57. The van der Waals surface area contributed by atoms with Crippen LogP contribution < -0.4 is 10.1 Å². The predicted molar refractivity (Wildman–Crippen MR) is 103 cm³/mol. The molecule has 2 aromatic rings. The van der Waals surface area contributed by atoms with E-state index in [9.17, 15) is 4.79 Å². The van der Waals surface area contributed by atoms with Crippen LogP contribution in [0.25, 0.3) is 6.08 Å². The molecular weight excluding hydrogens is 326 g/mol. The molecule has 0 aliphatic carbocycles. The molecule has 1 saturated heterocycles. The first-order valence-electron chi connectivity index (χ1n) is 8.96. The Morgan fingerprint density at radius 1 is 1.12 bits per heavy atom. The molecule has 0 spiro atoms. The summed E-state index contributed by atoms with van der Waals surface area (Å²) in [6, 6.07) is 18.0. The van der Waals surface area contributed by atoms with Crippen LogP contribution in [0.4, 0.5) is 0 Å². The number of para-hydroxylation sites is 1. The van der Waals surface area contributed by atoms with Crippen LogP contribution in [0.1, 0.15) is 24.0 Å². The topological polar surface area (TPSA) is 47.6 Å². The monoisotopic (exact) mass is 351 g/mol. The molecule has 0 bridgehead atoms. The van der Waals surface area contributed by atoms with E-state index >= 15 is 0 Å². The summed E-state index contributed by atoms with van der Waals surface area (Å²) >= 11 is 0. The zero-order valence-corrected chi connectivity index (χ0v) is 15.1. The van der Waals surface area contributed by atoms with E-state index in [1.54, 1.807) is 19.3 Å². The SMILES string of the molecule is COc1ccccc1/C=C/C(=O)NCC1(c2ccccc2)CCOCC1. The Bertz CT molecular complexity index is 749. The third kappa shape index (κ3) is 4.33. The number of amides is 1. The molecule has 0 unspecified atom stereocenters. The second-order valence-corrected chi connectivity index (χ2v) is 6.55. The fourth-order valence-corrected chi connectivity index (χ4v) is 3.41. The van der Waals surface area contributed by atoms with Gasteiger partial charge in [0.25, 0.3) is 0 Å². The highest BCUT2D eigenvalue weighted by Crippen LogP contribution is 2.34. The Hall–Kier alpha value is -2.59. The summed E-state index contributed by atoms with van der Waals surface area (Å²) in [7, 11) is 1.63. The first kappa shape index (κ1) is 18.2. The molecule has 1 aliphatic heterocycles. The van der Waals surface area contributed by atoms with Crippen LogP contribution in [0.3, 0.4) is 0 Å². The minimum Gasteiger partial charge on any atom is -0.496 e. The van der Waals surface area contributed by atoms with Gasteiger partial charge in [-0.1, -0.05) is 48.5 Å². The summed E-state index contributed by atoms with van der Waals surface area (Å²) in [6.45, 7) is 2.05. The smallest absolute Gasteiger partial charge is 0.244 e. The van der Waals surface area contributed by atoms with Gasteiger partial charge in [0.15, 0.2) is 0 Å². The summed E-state index contributed by atoms with van der Waals surface area (Å²) in [5.74, 6) is 0.652. The van der Waals surface area contributed by atoms with Crippen LogP contribution in [0, 0.1) is 0 Å². The van der Waals surface area contributed by atoms with Crippen molar-refractivity contribution in [2.24, 2.45) is 0 Å². The van der Waals surface area contributed by atoms with Crippen molar-refractivity contribution in [1.82, 2.24) is 5.32 Å². The van der Waals surface area contributed by atoms with E-state index in [-0.39, 0.29) is 11.3 Å². The van der Waals surface area contributed by atoms with Gasteiger partial charge in [-0.15, -0.1) is 0 Å². The molecule has 1 N–H and O–H groups in total. The molecule has 0 radical (unpaired) electrons. The zero-order valence-electron chi connectivity index (χ0n) is 15.1. The van der Waals surface area contributed by atoms with Crippen LogP contribution in [0.15, 0.2) is 60.7 Å². The van der Waals surface area contributed by atoms with Gasteiger partial charge in [0.1, 0.15) is 5.75 Å². The number of rotatable bonds is 6. The Morgan fingerprint density at radius 2 is 1.81 bits per heavy atom. The second-order valence-electron chi connectivity index (χ2n) is 6.55. The van der Waals surface area contributed by atoms with Crippen molar-refractivity contribution in [3.8, 4) is 5.75 Å². The highest BCUT2D eigenvalue weighted by atomic mass is 16.5. The zero-order chi connectivity index (χ0) is 18.2. The number of nitrogens with one attached hydrogen (secondary N) is 1. The molecule has 4 nitrogen and oxygen atoms in total. The van der Waals surface area contributed by atoms with Crippen LogP contribution in [-0.2, 0) is 14.9 Å². The second kappa shape index (κ2) is 8.68. The van der Waals surface area contributed by atoms with Crippen molar-refractivity contribution in [1.29, 1.82) is 0 Å². The minimum absolute atomic E-state index is 0.0621. The van der Waals surface area contributed by atoms with E-state index < -0.39 is 0 Å². The molecule has 26 heavy (non-hydrogen) atoms. The molecular formula is C22H25NO3. The van der Waals surface area contributed by atoms with Crippen molar-refractivity contribution in [3.63, 3.8) is 0 Å². The first-order valence-corrected chi connectivity index (χ1v) is 8.96. The minimum atomic E-state index is -0.0993. The molecule has 1 heterocycles. The lowest BCUT2D eigenvalue weighted by Gasteiger charge is -2.37. The summed E-state index contributed by atoms with van der Waals surface area (Å²) in [4.78, 5) is 12.4. The van der Waals surface area contributed by atoms with E-state index in [0.29, 0.717) is 6.54 Å². The summed E-state index contributed by atoms with van der Waals surface area (Å²) in [5.41, 5.74) is 2.08. The van der Waals surface area contributed by atoms with Crippen molar-refractivity contribution >= 4 is 12.0 Å². The van der Waals surface area contributed by atoms with E-state index in [1.807, 2.05) is 30.3 Å². The van der Waals surface area contributed by atoms with Gasteiger partial charge in [-0.05, 0) is 30.5 Å². The average Bonchev–Trinajstić information content (AvgIpc) is 2.72. The largest absolute Gasteiger partial charge is 0.496 e. The number of carbonyl (C=O) groups excluding carboxylic acids is 1. The van der Waals surface area contributed by atoms with Gasteiger partial charge < -0.3 is 14.8 Å². The molecule has 0 atom stereocenters. The molecule has 3 rings (SSSR count). The van der Waals surface area contributed by atoms with Crippen molar-refractivity contribution in [2.75, 3.05) is 26.9 Å². The highest BCUT2D eigenvalue weighted by molar-refractivity contribution is 5.92. The number of benzene rings is 2. The molecule has 4 heteroatoms. The third-order valence-electron chi connectivity index (χ3n) is 4.99. The van der Waals surface area contributed by atoms with Crippen LogP contribution in [-0.4, -0.2) is 32.8 Å². The quantitative estimate of drug-likeness (QED) is 0.810. The normalized spacial score (nSPS) is 16.3. The summed E-state index contributed by atoms with van der Waals surface area (Å²) in [5, 5.41) is 3.08. The summed E-state index contributed by atoms with van der Waals surface area (Å²) in [6.07, 6.45) is 5.17. The Labute approximate surface area is 154 Å². The van der Waals surface area contributed by atoms with E-state index in [4.69, 9.17) is 9.47 Å². The molecule has 0 aromatic heterocycles. The van der Waals surface area contributed by atoms with Crippen LogP contribution in [0.2, 0.25) is 0 Å². The van der Waals surface area contributed by atoms with Crippen molar-refractivity contribution in [2.45, 2.75) is 18.3 Å². The molecule has 1 aliphatic rings. The maximum atomic E-state index is 12.4.